The topological polar surface area (TPSA) is 61.8 Å². The van der Waals surface area contributed by atoms with E-state index in [-0.39, 0.29) is 30.3 Å². The van der Waals surface area contributed by atoms with Crippen molar-refractivity contribution in [3.63, 3.8) is 0 Å². The number of para-hydroxylation sites is 1. The molecule has 2 aliphatic heterocycles. The number of aliphatic hydroxyl groups excluding tert-OH is 1. The van der Waals surface area contributed by atoms with Crippen LogP contribution in [0.3, 0.4) is 0 Å². The highest BCUT2D eigenvalue weighted by atomic mass is 19.1. The summed E-state index contributed by atoms with van der Waals surface area (Å²) >= 11 is 0. The fourth-order valence-electron chi connectivity index (χ4n) is 3.85. The Morgan fingerprint density at radius 2 is 2.00 bits per heavy atom. The van der Waals surface area contributed by atoms with Crippen molar-refractivity contribution in [1.29, 1.82) is 0 Å². The lowest BCUT2D eigenvalue weighted by molar-refractivity contribution is -0.126. The minimum atomic E-state index is -0.293. The molecule has 6 heteroatoms. The van der Waals surface area contributed by atoms with E-state index in [0.717, 1.165) is 16.9 Å². The molecule has 1 atom stereocenters. The van der Waals surface area contributed by atoms with Gasteiger partial charge in [-0.15, -0.1) is 0 Å². The van der Waals surface area contributed by atoms with E-state index in [1.165, 1.54) is 6.07 Å². The number of anilines is 1. The highest BCUT2D eigenvalue weighted by Crippen LogP contribution is 2.27. The number of hydrogen-bond donors (Lipinski definition) is 2. The molecule has 2 N–H and O–H groups in total. The van der Waals surface area contributed by atoms with Crippen molar-refractivity contribution in [2.45, 2.75) is 31.9 Å². The van der Waals surface area contributed by atoms with Crippen LogP contribution in [0.25, 0.3) is 0 Å². The molecule has 1 fully saturated rings. The lowest BCUT2D eigenvalue weighted by Gasteiger charge is -2.31. The summed E-state index contributed by atoms with van der Waals surface area (Å²) in [5.74, 6) is 0.232. The fraction of sp³-hybridized carbons (Fsp3) is 0.409. The van der Waals surface area contributed by atoms with Gasteiger partial charge in [0.2, 0.25) is 5.91 Å². The standard InChI is InChI=1S/C22H25FN2O3/c23-19-11-15(5-6-20(19)25-9-7-18(26)8-10-25)13-24-22(27)17-12-16-3-1-2-4-21(16)28-14-17/h1-6,11,17-18,26H,7-10,12-14H2,(H,24,27). The van der Waals surface area contributed by atoms with Crippen LogP contribution in [0.2, 0.25) is 0 Å². The van der Waals surface area contributed by atoms with E-state index >= 15 is 0 Å². The van der Waals surface area contributed by atoms with Crippen molar-refractivity contribution in [2.24, 2.45) is 5.92 Å². The monoisotopic (exact) mass is 384 g/mol. The lowest BCUT2D eigenvalue weighted by Crippen LogP contribution is -2.37. The molecule has 28 heavy (non-hydrogen) atoms. The summed E-state index contributed by atoms with van der Waals surface area (Å²) in [6.45, 7) is 1.94. The maximum Gasteiger partial charge on any atom is 0.227 e. The molecule has 1 amide bonds. The Kier molecular flexibility index (Phi) is 5.48. The predicted octanol–water partition coefficient (Wildman–Crippen LogP) is 2.65. The van der Waals surface area contributed by atoms with Crippen LogP contribution in [0.4, 0.5) is 10.1 Å². The van der Waals surface area contributed by atoms with E-state index in [1.807, 2.05) is 35.2 Å². The quantitative estimate of drug-likeness (QED) is 0.851. The summed E-state index contributed by atoms with van der Waals surface area (Å²) in [6, 6.07) is 12.8. The number of piperidine rings is 1. The van der Waals surface area contributed by atoms with Gasteiger partial charge in [-0.1, -0.05) is 24.3 Å². The minimum Gasteiger partial charge on any atom is -0.492 e. The van der Waals surface area contributed by atoms with Crippen LogP contribution >= 0.6 is 0 Å². The van der Waals surface area contributed by atoms with Gasteiger partial charge >= 0.3 is 0 Å². The van der Waals surface area contributed by atoms with Gasteiger partial charge in [-0.3, -0.25) is 4.79 Å². The van der Waals surface area contributed by atoms with Crippen molar-refractivity contribution < 1.29 is 19.0 Å². The molecule has 2 aromatic carbocycles. The largest absolute Gasteiger partial charge is 0.492 e. The second kappa shape index (κ2) is 8.19. The van der Waals surface area contributed by atoms with Gasteiger partial charge < -0.3 is 20.1 Å². The Bertz CT molecular complexity index is 849. The molecule has 2 aromatic rings. The van der Waals surface area contributed by atoms with Crippen molar-refractivity contribution in [3.05, 3.63) is 59.4 Å². The molecule has 1 unspecified atom stereocenters. The summed E-state index contributed by atoms with van der Waals surface area (Å²) in [6.07, 6.45) is 1.67. The number of nitrogens with one attached hydrogen (secondary N) is 1. The Morgan fingerprint density at radius 1 is 1.21 bits per heavy atom. The minimum absolute atomic E-state index is 0.0796. The van der Waals surface area contributed by atoms with Crippen molar-refractivity contribution in [3.8, 4) is 5.75 Å². The smallest absolute Gasteiger partial charge is 0.227 e. The van der Waals surface area contributed by atoms with E-state index in [9.17, 15) is 14.3 Å². The zero-order valence-corrected chi connectivity index (χ0v) is 15.7. The number of fused-ring (bicyclic) bond motifs is 1. The molecular weight excluding hydrogens is 359 g/mol. The van der Waals surface area contributed by atoms with Crippen LogP contribution in [0.15, 0.2) is 42.5 Å². The molecule has 5 nitrogen and oxygen atoms in total. The average molecular weight is 384 g/mol. The zero-order chi connectivity index (χ0) is 19.5. The molecule has 0 spiro atoms. The van der Waals surface area contributed by atoms with E-state index in [1.54, 1.807) is 6.07 Å². The first-order valence-electron chi connectivity index (χ1n) is 9.80. The van der Waals surface area contributed by atoms with Crippen molar-refractivity contribution in [1.82, 2.24) is 5.32 Å². The summed E-state index contributed by atoms with van der Waals surface area (Å²) in [7, 11) is 0. The molecule has 2 aliphatic rings. The van der Waals surface area contributed by atoms with Gasteiger partial charge in [-0.05, 0) is 48.6 Å². The van der Waals surface area contributed by atoms with Gasteiger partial charge in [-0.2, -0.15) is 0 Å². The fourth-order valence-corrected chi connectivity index (χ4v) is 3.85. The number of carbonyl (C=O) groups is 1. The van der Waals surface area contributed by atoms with Gasteiger partial charge in [0.05, 0.1) is 17.7 Å². The van der Waals surface area contributed by atoms with Crippen LogP contribution in [0.5, 0.6) is 5.75 Å². The normalized spacial score (nSPS) is 19.6. The second-order valence-electron chi connectivity index (χ2n) is 7.54. The van der Waals surface area contributed by atoms with Gasteiger partial charge in [0.1, 0.15) is 18.2 Å². The third-order valence-electron chi connectivity index (χ3n) is 5.53. The Hall–Kier alpha value is -2.60. The maximum atomic E-state index is 14.5. The molecule has 2 heterocycles. The first-order valence-corrected chi connectivity index (χ1v) is 9.80. The van der Waals surface area contributed by atoms with E-state index < -0.39 is 0 Å². The average Bonchev–Trinajstić information content (AvgIpc) is 2.72. The number of amides is 1. The van der Waals surface area contributed by atoms with Crippen LogP contribution in [0, 0.1) is 11.7 Å². The van der Waals surface area contributed by atoms with Gasteiger partial charge in [0.25, 0.3) is 0 Å². The van der Waals surface area contributed by atoms with E-state index in [0.29, 0.717) is 44.6 Å². The van der Waals surface area contributed by atoms with Crippen molar-refractivity contribution in [2.75, 3.05) is 24.6 Å². The summed E-state index contributed by atoms with van der Waals surface area (Å²) in [5.41, 5.74) is 2.32. The van der Waals surface area contributed by atoms with E-state index in [2.05, 4.69) is 5.32 Å². The first-order chi connectivity index (χ1) is 13.6. The molecule has 0 radical (unpaired) electrons. The highest BCUT2D eigenvalue weighted by molar-refractivity contribution is 5.79. The number of aliphatic hydroxyl groups is 1. The molecule has 0 aliphatic carbocycles. The summed E-state index contributed by atoms with van der Waals surface area (Å²) in [4.78, 5) is 14.5. The highest BCUT2D eigenvalue weighted by Gasteiger charge is 2.25. The Labute approximate surface area is 164 Å². The Balaban J connectivity index is 1.34. The second-order valence-corrected chi connectivity index (χ2v) is 7.54. The van der Waals surface area contributed by atoms with Crippen LogP contribution in [0.1, 0.15) is 24.0 Å². The number of hydrogen-bond acceptors (Lipinski definition) is 4. The molecule has 148 valence electrons. The van der Waals surface area contributed by atoms with E-state index in [4.69, 9.17) is 4.74 Å². The number of benzene rings is 2. The van der Waals surface area contributed by atoms with Gasteiger partial charge in [-0.25, -0.2) is 4.39 Å². The molecular formula is C22H25FN2O3. The van der Waals surface area contributed by atoms with Crippen LogP contribution in [-0.2, 0) is 17.8 Å². The lowest BCUT2D eigenvalue weighted by atomic mass is 9.96. The number of carbonyl (C=O) groups excluding carboxylic acids is 1. The summed E-state index contributed by atoms with van der Waals surface area (Å²) in [5, 5.41) is 12.5. The van der Waals surface area contributed by atoms with Gasteiger partial charge in [0, 0.05) is 19.6 Å². The van der Waals surface area contributed by atoms with Gasteiger partial charge in [0.15, 0.2) is 0 Å². The van der Waals surface area contributed by atoms with Crippen LogP contribution < -0.4 is 15.0 Å². The molecule has 1 saturated heterocycles. The summed E-state index contributed by atoms with van der Waals surface area (Å²) < 4.78 is 20.2. The first kappa shape index (κ1) is 18.7. The molecule has 0 bridgehead atoms. The maximum absolute atomic E-state index is 14.5. The van der Waals surface area contributed by atoms with Crippen molar-refractivity contribution >= 4 is 11.6 Å². The zero-order valence-electron chi connectivity index (χ0n) is 15.7. The SMILES string of the molecule is O=C(NCc1ccc(N2CCC(O)CC2)c(F)c1)C1COc2ccccc2C1. The third-order valence-corrected chi connectivity index (χ3v) is 5.53. The number of halogens is 1. The third kappa shape index (κ3) is 4.12. The number of ether oxygens (including phenoxy) is 1. The Morgan fingerprint density at radius 3 is 2.79 bits per heavy atom. The number of nitrogens with zero attached hydrogens (tertiary/aromatic N) is 1. The predicted molar refractivity (Wildman–Crippen MR) is 105 cm³/mol. The molecule has 0 saturated carbocycles. The molecule has 4 rings (SSSR count). The molecule has 0 aromatic heterocycles. The van der Waals surface area contributed by atoms with Crippen LogP contribution in [-0.4, -0.2) is 36.8 Å². The number of rotatable bonds is 4.